The molecule has 3 aromatic rings. The third-order valence-corrected chi connectivity index (χ3v) is 3.71. The van der Waals surface area contributed by atoms with Crippen molar-refractivity contribution in [2.75, 3.05) is 7.11 Å². The Bertz CT molecular complexity index is 1010. The lowest BCUT2D eigenvalue weighted by atomic mass is 10.2. The molecule has 7 nitrogen and oxygen atoms in total. The summed E-state index contributed by atoms with van der Waals surface area (Å²) in [5, 5.41) is 0. The van der Waals surface area contributed by atoms with E-state index in [0.29, 0.717) is 17.1 Å². The zero-order chi connectivity index (χ0) is 18.0. The van der Waals surface area contributed by atoms with Crippen LogP contribution in [0.5, 0.6) is 11.5 Å². The molecule has 0 radical (unpaired) electrons. The predicted molar refractivity (Wildman–Crippen MR) is 92.0 cm³/mol. The van der Waals surface area contributed by atoms with Crippen LogP contribution in [0.3, 0.4) is 0 Å². The Labute approximate surface area is 143 Å². The number of pyridine rings is 1. The summed E-state index contributed by atoms with van der Waals surface area (Å²) in [6, 6.07) is 9.76. The SMILES string of the molecule is COc1ccc(C(N)=O)c(OCc2cc(=O)n3ccc(C)cc3n2)c1. The van der Waals surface area contributed by atoms with Gasteiger partial charge in [-0.15, -0.1) is 0 Å². The Morgan fingerprint density at radius 1 is 1.24 bits per heavy atom. The number of carbonyl (C=O) groups excluding carboxylic acids is 1. The Morgan fingerprint density at radius 3 is 2.76 bits per heavy atom. The molecular formula is C18H17N3O4. The summed E-state index contributed by atoms with van der Waals surface area (Å²) >= 11 is 0. The van der Waals surface area contributed by atoms with E-state index in [9.17, 15) is 9.59 Å². The van der Waals surface area contributed by atoms with Crippen molar-refractivity contribution in [3.05, 3.63) is 69.8 Å². The van der Waals surface area contributed by atoms with E-state index in [1.165, 1.54) is 23.6 Å². The summed E-state index contributed by atoms with van der Waals surface area (Å²) in [6.45, 7) is 1.94. The fraction of sp³-hybridized carbons (Fsp3) is 0.167. The molecule has 0 saturated carbocycles. The number of hydrogen-bond acceptors (Lipinski definition) is 5. The molecule has 0 bridgehead atoms. The molecule has 25 heavy (non-hydrogen) atoms. The number of ether oxygens (including phenoxy) is 2. The minimum atomic E-state index is -0.611. The van der Waals surface area contributed by atoms with Gasteiger partial charge in [-0.1, -0.05) is 0 Å². The fourth-order valence-electron chi connectivity index (χ4n) is 2.43. The number of aromatic nitrogens is 2. The van der Waals surface area contributed by atoms with Crippen LogP contribution in [0.15, 0.2) is 47.4 Å². The van der Waals surface area contributed by atoms with Crippen molar-refractivity contribution in [3.63, 3.8) is 0 Å². The fourth-order valence-corrected chi connectivity index (χ4v) is 2.43. The van der Waals surface area contributed by atoms with Crippen LogP contribution in [0.25, 0.3) is 5.65 Å². The molecule has 0 spiro atoms. The van der Waals surface area contributed by atoms with E-state index in [4.69, 9.17) is 15.2 Å². The lowest BCUT2D eigenvalue weighted by molar-refractivity contribution is 0.0995. The molecule has 1 amide bonds. The summed E-state index contributed by atoms with van der Waals surface area (Å²) in [4.78, 5) is 28.1. The smallest absolute Gasteiger partial charge is 0.258 e. The number of carbonyl (C=O) groups is 1. The van der Waals surface area contributed by atoms with Gasteiger partial charge in [-0.25, -0.2) is 4.98 Å². The zero-order valence-corrected chi connectivity index (χ0v) is 13.9. The molecular weight excluding hydrogens is 322 g/mol. The number of rotatable bonds is 5. The molecule has 0 unspecified atom stereocenters. The lowest BCUT2D eigenvalue weighted by Gasteiger charge is -2.11. The number of aryl methyl sites for hydroxylation is 1. The highest BCUT2D eigenvalue weighted by Crippen LogP contribution is 2.25. The first-order valence-corrected chi connectivity index (χ1v) is 7.57. The second-order valence-electron chi connectivity index (χ2n) is 5.53. The summed E-state index contributed by atoms with van der Waals surface area (Å²) in [5.74, 6) is 0.195. The van der Waals surface area contributed by atoms with Gasteiger partial charge in [-0.3, -0.25) is 14.0 Å². The third kappa shape index (κ3) is 3.45. The molecule has 0 atom stereocenters. The summed E-state index contributed by atoms with van der Waals surface area (Å²) in [6.07, 6.45) is 1.68. The molecule has 128 valence electrons. The highest BCUT2D eigenvalue weighted by Gasteiger charge is 2.12. The van der Waals surface area contributed by atoms with Gasteiger partial charge in [0.15, 0.2) is 0 Å². The van der Waals surface area contributed by atoms with Crippen LogP contribution in [0.4, 0.5) is 0 Å². The van der Waals surface area contributed by atoms with E-state index in [-0.39, 0.29) is 23.5 Å². The second-order valence-corrected chi connectivity index (χ2v) is 5.53. The minimum absolute atomic E-state index is 0.0210. The molecule has 2 aromatic heterocycles. The topological polar surface area (TPSA) is 95.9 Å². The van der Waals surface area contributed by atoms with Gasteiger partial charge in [-0.2, -0.15) is 0 Å². The van der Waals surface area contributed by atoms with E-state index in [0.717, 1.165) is 5.56 Å². The standard InChI is InChI=1S/C18H17N3O4/c1-11-5-6-21-16(7-11)20-12(8-17(21)22)10-25-15-9-13(24-2)3-4-14(15)18(19)23/h3-9H,10H2,1-2H3,(H2,19,23). The van der Waals surface area contributed by atoms with E-state index in [1.54, 1.807) is 18.3 Å². The first-order valence-electron chi connectivity index (χ1n) is 7.57. The van der Waals surface area contributed by atoms with E-state index >= 15 is 0 Å². The maximum Gasteiger partial charge on any atom is 0.258 e. The van der Waals surface area contributed by atoms with Gasteiger partial charge >= 0.3 is 0 Å². The van der Waals surface area contributed by atoms with E-state index < -0.39 is 5.91 Å². The highest BCUT2D eigenvalue weighted by atomic mass is 16.5. The van der Waals surface area contributed by atoms with Gasteiger partial charge in [0.25, 0.3) is 11.5 Å². The Balaban J connectivity index is 1.92. The molecule has 0 fully saturated rings. The van der Waals surface area contributed by atoms with Crippen LogP contribution in [-0.4, -0.2) is 22.4 Å². The van der Waals surface area contributed by atoms with E-state index in [1.807, 2.05) is 19.1 Å². The second kappa shape index (κ2) is 6.64. The van der Waals surface area contributed by atoms with Crippen molar-refractivity contribution in [3.8, 4) is 11.5 Å². The zero-order valence-electron chi connectivity index (χ0n) is 13.9. The molecule has 1 aromatic carbocycles. The van der Waals surface area contributed by atoms with Crippen LogP contribution in [-0.2, 0) is 6.61 Å². The van der Waals surface area contributed by atoms with Crippen LogP contribution in [0.1, 0.15) is 21.6 Å². The van der Waals surface area contributed by atoms with Crippen LogP contribution in [0, 0.1) is 6.92 Å². The molecule has 0 aliphatic heterocycles. The Hall–Kier alpha value is -3.35. The number of benzene rings is 1. The first kappa shape index (κ1) is 16.5. The number of primary amides is 1. The van der Waals surface area contributed by atoms with Crippen molar-refractivity contribution < 1.29 is 14.3 Å². The minimum Gasteiger partial charge on any atom is -0.497 e. The van der Waals surface area contributed by atoms with Gasteiger partial charge in [0.2, 0.25) is 0 Å². The Kier molecular flexibility index (Phi) is 4.38. The largest absolute Gasteiger partial charge is 0.497 e. The number of methoxy groups -OCH3 is 1. The van der Waals surface area contributed by atoms with Crippen molar-refractivity contribution in [2.45, 2.75) is 13.5 Å². The van der Waals surface area contributed by atoms with Gasteiger partial charge in [0.05, 0.1) is 18.4 Å². The third-order valence-electron chi connectivity index (χ3n) is 3.71. The molecule has 0 saturated heterocycles. The number of nitrogens with two attached hydrogens (primary N) is 1. The normalized spacial score (nSPS) is 10.6. The molecule has 0 aliphatic rings. The average molecular weight is 339 g/mol. The molecule has 7 heteroatoms. The number of nitrogens with zero attached hydrogens (tertiary/aromatic N) is 2. The van der Waals surface area contributed by atoms with Crippen LogP contribution in [0.2, 0.25) is 0 Å². The summed E-state index contributed by atoms with van der Waals surface area (Å²) < 4.78 is 12.3. The molecule has 2 N–H and O–H groups in total. The first-order chi connectivity index (χ1) is 12.0. The van der Waals surface area contributed by atoms with Gasteiger partial charge in [0, 0.05) is 18.3 Å². The predicted octanol–water partition coefficient (Wildman–Crippen LogP) is 1.69. The van der Waals surface area contributed by atoms with Gasteiger partial charge in [-0.05, 0) is 36.8 Å². The summed E-state index contributed by atoms with van der Waals surface area (Å²) in [7, 11) is 1.51. The lowest BCUT2D eigenvalue weighted by Crippen LogP contribution is -2.17. The highest BCUT2D eigenvalue weighted by molar-refractivity contribution is 5.95. The number of hydrogen-bond donors (Lipinski definition) is 1. The Morgan fingerprint density at radius 2 is 2.04 bits per heavy atom. The molecule has 3 rings (SSSR count). The van der Waals surface area contributed by atoms with Crippen molar-refractivity contribution >= 4 is 11.6 Å². The molecule has 2 heterocycles. The average Bonchev–Trinajstić information content (AvgIpc) is 2.59. The van der Waals surface area contributed by atoms with Crippen molar-refractivity contribution in [2.24, 2.45) is 5.73 Å². The quantitative estimate of drug-likeness (QED) is 0.763. The van der Waals surface area contributed by atoms with Crippen LogP contribution >= 0.6 is 0 Å². The van der Waals surface area contributed by atoms with Crippen LogP contribution < -0.4 is 20.8 Å². The van der Waals surface area contributed by atoms with Crippen molar-refractivity contribution in [1.29, 1.82) is 0 Å². The maximum atomic E-state index is 12.2. The van der Waals surface area contributed by atoms with Gasteiger partial charge in [0.1, 0.15) is 23.8 Å². The number of fused-ring (bicyclic) bond motifs is 1. The monoisotopic (exact) mass is 339 g/mol. The number of amides is 1. The van der Waals surface area contributed by atoms with Gasteiger partial charge < -0.3 is 15.2 Å². The maximum absolute atomic E-state index is 12.2. The molecule has 0 aliphatic carbocycles. The van der Waals surface area contributed by atoms with E-state index in [2.05, 4.69) is 4.98 Å². The summed E-state index contributed by atoms with van der Waals surface area (Å²) in [5.41, 5.74) is 7.37. The van der Waals surface area contributed by atoms with Crippen molar-refractivity contribution in [1.82, 2.24) is 9.38 Å².